The van der Waals surface area contributed by atoms with E-state index in [1.807, 2.05) is 18.2 Å². The molecule has 0 bridgehead atoms. The topological polar surface area (TPSA) is 86.3 Å². The van der Waals surface area contributed by atoms with E-state index in [9.17, 15) is 9.59 Å². The molecule has 172 valence electrons. The number of nitrogens with one attached hydrogen (secondary N) is 1. The Bertz CT molecular complexity index is 931. The molecule has 1 aliphatic rings. The van der Waals surface area contributed by atoms with E-state index in [1.165, 1.54) is 7.11 Å². The molecule has 2 aromatic rings. The molecule has 1 N–H and O–H groups in total. The quantitative estimate of drug-likeness (QED) is 0.677. The third-order valence-electron chi connectivity index (χ3n) is 5.68. The van der Waals surface area contributed by atoms with Crippen molar-refractivity contribution in [1.82, 2.24) is 4.90 Å². The van der Waals surface area contributed by atoms with Gasteiger partial charge in [-0.05, 0) is 48.4 Å². The Labute approximate surface area is 188 Å². The molecule has 0 radical (unpaired) electrons. The second-order valence-electron chi connectivity index (χ2n) is 7.69. The van der Waals surface area contributed by atoms with Crippen LogP contribution in [-0.2, 0) is 14.3 Å². The Kier molecular flexibility index (Phi) is 7.94. The van der Waals surface area contributed by atoms with Crippen molar-refractivity contribution < 1.29 is 28.5 Å². The van der Waals surface area contributed by atoms with Gasteiger partial charge in [-0.1, -0.05) is 6.07 Å². The number of piperidine rings is 1. The van der Waals surface area contributed by atoms with Crippen LogP contribution in [0.15, 0.2) is 42.5 Å². The number of amides is 2. The van der Waals surface area contributed by atoms with E-state index in [-0.39, 0.29) is 30.3 Å². The number of anilines is 1. The van der Waals surface area contributed by atoms with E-state index >= 15 is 0 Å². The van der Waals surface area contributed by atoms with Crippen LogP contribution in [0, 0.1) is 5.92 Å². The summed E-state index contributed by atoms with van der Waals surface area (Å²) in [6, 6.07) is 12.9. The summed E-state index contributed by atoms with van der Waals surface area (Å²) in [5.41, 5.74) is 1.67. The zero-order valence-corrected chi connectivity index (χ0v) is 18.9. The average molecular weight is 443 g/mol. The largest absolute Gasteiger partial charge is 0.497 e. The van der Waals surface area contributed by atoms with Gasteiger partial charge in [0.25, 0.3) is 0 Å². The summed E-state index contributed by atoms with van der Waals surface area (Å²) in [5.74, 6) is 1.29. The lowest BCUT2D eigenvalue weighted by Crippen LogP contribution is -2.47. The Morgan fingerprint density at radius 3 is 2.28 bits per heavy atom. The number of methoxy groups -OCH3 is 4. The smallest absolute Gasteiger partial charge is 0.248 e. The minimum absolute atomic E-state index is 0.0223. The molecule has 1 aliphatic heterocycles. The number of ether oxygens (including phenoxy) is 4. The van der Waals surface area contributed by atoms with Crippen molar-refractivity contribution in [3.63, 3.8) is 0 Å². The number of benzene rings is 2. The second kappa shape index (κ2) is 10.9. The molecule has 0 saturated carbocycles. The molecule has 3 rings (SSSR count). The summed E-state index contributed by atoms with van der Waals surface area (Å²) in [5, 5.41) is 2.96. The maximum atomic E-state index is 13.1. The fourth-order valence-electron chi connectivity index (χ4n) is 3.97. The van der Waals surface area contributed by atoms with Crippen LogP contribution in [-0.4, -0.2) is 64.8 Å². The molecule has 0 spiro atoms. The van der Waals surface area contributed by atoms with Crippen LogP contribution in [0.2, 0.25) is 0 Å². The van der Waals surface area contributed by atoms with Crippen molar-refractivity contribution in [2.24, 2.45) is 5.92 Å². The van der Waals surface area contributed by atoms with Crippen molar-refractivity contribution >= 4 is 17.5 Å². The van der Waals surface area contributed by atoms with Gasteiger partial charge >= 0.3 is 0 Å². The monoisotopic (exact) mass is 442 g/mol. The average Bonchev–Trinajstić information content (AvgIpc) is 2.83. The number of hydrogen-bond donors (Lipinski definition) is 1. The third-order valence-corrected chi connectivity index (χ3v) is 5.68. The van der Waals surface area contributed by atoms with Crippen LogP contribution in [0.3, 0.4) is 0 Å². The van der Waals surface area contributed by atoms with Gasteiger partial charge in [0.2, 0.25) is 11.8 Å². The minimum atomic E-state index is -0.371. The van der Waals surface area contributed by atoms with Crippen LogP contribution in [0.5, 0.6) is 17.2 Å². The van der Waals surface area contributed by atoms with Gasteiger partial charge in [0.05, 0.1) is 27.2 Å². The number of carbonyl (C=O) groups is 2. The third kappa shape index (κ3) is 5.50. The standard InChI is InChI=1S/C24H30N2O6/c1-29-15-23(27)26-13-17(16-5-10-21(31-3)22(12-16)32-4)11-18(14-26)24(28)25-19-6-8-20(30-2)9-7-19/h5-10,12,17-18H,11,13-15H2,1-4H3,(H,25,28). The summed E-state index contributed by atoms with van der Waals surface area (Å²) in [4.78, 5) is 27.4. The summed E-state index contributed by atoms with van der Waals surface area (Å²) in [7, 11) is 6.25. The first-order chi connectivity index (χ1) is 15.5. The predicted octanol–water partition coefficient (Wildman–Crippen LogP) is 2.93. The first-order valence-corrected chi connectivity index (χ1v) is 10.4. The van der Waals surface area contributed by atoms with Gasteiger partial charge in [-0.3, -0.25) is 9.59 Å². The van der Waals surface area contributed by atoms with Crippen LogP contribution in [0.25, 0.3) is 0 Å². The highest BCUT2D eigenvalue weighted by molar-refractivity contribution is 5.93. The first-order valence-electron chi connectivity index (χ1n) is 10.4. The predicted molar refractivity (Wildman–Crippen MR) is 120 cm³/mol. The maximum absolute atomic E-state index is 13.1. The number of nitrogens with zero attached hydrogens (tertiary/aromatic N) is 1. The second-order valence-corrected chi connectivity index (χ2v) is 7.69. The highest BCUT2D eigenvalue weighted by Gasteiger charge is 2.35. The Morgan fingerprint density at radius 1 is 0.938 bits per heavy atom. The molecule has 8 heteroatoms. The fourth-order valence-corrected chi connectivity index (χ4v) is 3.97. The normalized spacial score (nSPS) is 18.1. The van der Waals surface area contributed by atoms with E-state index in [0.29, 0.717) is 42.4 Å². The number of likely N-dealkylation sites (tertiary alicyclic amines) is 1. The van der Waals surface area contributed by atoms with Crippen molar-refractivity contribution in [2.45, 2.75) is 12.3 Å². The van der Waals surface area contributed by atoms with Crippen LogP contribution in [0.1, 0.15) is 17.9 Å². The van der Waals surface area contributed by atoms with E-state index in [4.69, 9.17) is 18.9 Å². The van der Waals surface area contributed by atoms with E-state index in [2.05, 4.69) is 5.32 Å². The van der Waals surface area contributed by atoms with Gasteiger partial charge in [-0.2, -0.15) is 0 Å². The lowest BCUT2D eigenvalue weighted by Gasteiger charge is -2.37. The molecule has 1 saturated heterocycles. The zero-order chi connectivity index (χ0) is 23.1. The van der Waals surface area contributed by atoms with Crippen molar-refractivity contribution in [2.75, 3.05) is 53.5 Å². The molecule has 2 amide bonds. The fraction of sp³-hybridized carbons (Fsp3) is 0.417. The Hall–Kier alpha value is -3.26. The van der Waals surface area contributed by atoms with Crippen molar-refractivity contribution in [1.29, 1.82) is 0 Å². The lowest BCUT2D eigenvalue weighted by molar-refractivity contribution is -0.138. The Balaban J connectivity index is 1.82. The minimum Gasteiger partial charge on any atom is -0.497 e. The summed E-state index contributed by atoms with van der Waals surface area (Å²) in [6.45, 7) is 0.823. The SMILES string of the molecule is COCC(=O)N1CC(C(=O)Nc2ccc(OC)cc2)CC(c2ccc(OC)c(OC)c2)C1. The summed E-state index contributed by atoms with van der Waals surface area (Å²) < 4.78 is 21.0. The highest BCUT2D eigenvalue weighted by atomic mass is 16.5. The first kappa shape index (κ1) is 23.4. The van der Waals surface area contributed by atoms with Gasteiger partial charge in [0.15, 0.2) is 11.5 Å². The molecule has 32 heavy (non-hydrogen) atoms. The van der Waals surface area contributed by atoms with Gasteiger partial charge in [-0.25, -0.2) is 0 Å². The molecule has 2 aromatic carbocycles. The van der Waals surface area contributed by atoms with Gasteiger partial charge < -0.3 is 29.2 Å². The molecule has 2 unspecified atom stereocenters. The number of rotatable bonds is 8. The summed E-state index contributed by atoms with van der Waals surface area (Å²) in [6.07, 6.45) is 0.605. The maximum Gasteiger partial charge on any atom is 0.248 e. The molecule has 0 aromatic heterocycles. The van der Waals surface area contributed by atoms with Gasteiger partial charge in [-0.15, -0.1) is 0 Å². The zero-order valence-electron chi connectivity index (χ0n) is 18.9. The number of hydrogen-bond acceptors (Lipinski definition) is 6. The molecule has 0 aliphatic carbocycles. The van der Waals surface area contributed by atoms with Crippen LogP contribution >= 0.6 is 0 Å². The summed E-state index contributed by atoms with van der Waals surface area (Å²) >= 11 is 0. The van der Waals surface area contributed by atoms with E-state index < -0.39 is 0 Å². The molecular weight excluding hydrogens is 412 g/mol. The molecular formula is C24H30N2O6. The van der Waals surface area contributed by atoms with Crippen LogP contribution in [0.4, 0.5) is 5.69 Å². The lowest BCUT2D eigenvalue weighted by atomic mass is 9.83. The molecule has 2 atom stereocenters. The molecule has 1 heterocycles. The van der Waals surface area contributed by atoms with Gasteiger partial charge in [0.1, 0.15) is 12.4 Å². The van der Waals surface area contributed by atoms with Crippen LogP contribution < -0.4 is 19.5 Å². The van der Waals surface area contributed by atoms with Crippen molar-refractivity contribution in [3.8, 4) is 17.2 Å². The molecule has 1 fully saturated rings. The van der Waals surface area contributed by atoms with E-state index in [1.54, 1.807) is 50.5 Å². The molecule has 8 nitrogen and oxygen atoms in total. The highest BCUT2D eigenvalue weighted by Crippen LogP contribution is 2.36. The number of carbonyl (C=O) groups excluding carboxylic acids is 2. The Morgan fingerprint density at radius 2 is 1.66 bits per heavy atom. The van der Waals surface area contributed by atoms with Crippen molar-refractivity contribution in [3.05, 3.63) is 48.0 Å². The van der Waals surface area contributed by atoms with Gasteiger partial charge in [0, 0.05) is 31.8 Å². The van der Waals surface area contributed by atoms with E-state index in [0.717, 1.165) is 5.56 Å².